The van der Waals surface area contributed by atoms with E-state index in [0.29, 0.717) is 18.1 Å². The third-order valence-corrected chi connectivity index (χ3v) is 4.06. The Morgan fingerprint density at radius 2 is 2.25 bits per heavy atom. The van der Waals surface area contributed by atoms with Gasteiger partial charge in [-0.2, -0.15) is 0 Å². The number of aromatic nitrogens is 2. The summed E-state index contributed by atoms with van der Waals surface area (Å²) in [6.45, 7) is 2.57. The zero-order valence-electron chi connectivity index (χ0n) is 10.6. The molecule has 0 aliphatic carbocycles. The minimum Gasteiger partial charge on any atom is -0.369 e. The van der Waals surface area contributed by atoms with E-state index in [-0.39, 0.29) is 16.5 Å². The van der Waals surface area contributed by atoms with E-state index in [1.165, 1.54) is 18.5 Å². The van der Waals surface area contributed by atoms with E-state index < -0.39 is 10.0 Å². The molecule has 0 bridgehead atoms. The van der Waals surface area contributed by atoms with Crippen molar-refractivity contribution in [2.45, 2.75) is 18.4 Å². The number of pyridine rings is 1. The molecule has 0 aliphatic rings. The lowest BCUT2D eigenvalue weighted by Crippen LogP contribution is -2.23. The second-order valence-electron chi connectivity index (χ2n) is 3.85. The van der Waals surface area contributed by atoms with Crippen molar-refractivity contribution in [2.75, 3.05) is 11.9 Å². The molecule has 2 aromatic heterocycles. The molecule has 2 N–H and O–H groups in total. The van der Waals surface area contributed by atoms with Crippen LogP contribution >= 0.6 is 11.6 Å². The fourth-order valence-electron chi connectivity index (χ4n) is 1.45. The Bertz CT molecular complexity index is 673. The highest BCUT2D eigenvalue weighted by atomic mass is 35.5. The first-order chi connectivity index (χ1) is 9.53. The zero-order valence-corrected chi connectivity index (χ0v) is 12.2. The van der Waals surface area contributed by atoms with Crippen LogP contribution in [0.2, 0.25) is 5.02 Å². The van der Waals surface area contributed by atoms with Crippen molar-refractivity contribution in [1.29, 1.82) is 0 Å². The van der Waals surface area contributed by atoms with Crippen LogP contribution in [0.5, 0.6) is 0 Å². The Morgan fingerprint density at radius 3 is 2.85 bits per heavy atom. The normalized spacial score (nSPS) is 11.5. The van der Waals surface area contributed by atoms with Gasteiger partial charge in [0.1, 0.15) is 17.0 Å². The van der Waals surface area contributed by atoms with Crippen LogP contribution in [0.4, 0.5) is 5.82 Å². The maximum absolute atomic E-state index is 12.1. The summed E-state index contributed by atoms with van der Waals surface area (Å²) < 4.78 is 31.1. The molecule has 0 aliphatic heterocycles. The number of hydrogen-bond donors (Lipinski definition) is 2. The molecular weight excluding hydrogens is 304 g/mol. The summed E-state index contributed by atoms with van der Waals surface area (Å²) in [5.74, 6) is 0.449. The number of anilines is 1. The van der Waals surface area contributed by atoms with E-state index in [4.69, 9.17) is 11.6 Å². The summed E-state index contributed by atoms with van der Waals surface area (Å²) in [4.78, 5) is 3.98. The number of nitrogens with one attached hydrogen (secondary N) is 2. The van der Waals surface area contributed by atoms with Crippen molar-refractivity contribution >= 4 is 27.4 Å². The molecule has 0 radical (unpaired) electrons. The second-order valence-corrected chi connectivity index (χ2v) is 6.02. The van der Waals surface area contributed by atoms with Crippen LogP contribution in [0.25, 0.3) is 0 Å². The smallest absolute Gasteiger partial charge is 0.242 e. The van der Waals surface area contributed by atoms with Crippen LogP contribution in [-0.2, 0) is 16.6 Å². The molecule has 2 heterocycles. The highest BCUT2D eigenvalue weighted by Gasteiger charge is 2.16. The van der Waals surface area contributed by atoms with E-state index in [1.54, 1.807) is 6.07 Å². The van der Waals surface area contributed by atoms with Crippen LogP contribution in [-0.4, -0.2) is 25.1 Å². The molecular formula is C11H13ClN4O3S. The fourth-order valence-corrected chi connectivity index (χ4v) is 2.71. The first-order valence-corrected chi connectivity index (χ1v) is 7.67. The standard InChI is InChI=1S/C11H13ClN4O3S/c1-2-13-11-10(12)5-9(7-14-11)20(17,18)15-6-8-3-4-19-16-8/h3-5,7,15H,2,6H2,1H3,(H,13,14). The molecule has 2 rings (SSSR count). The van der Waals surface area contributed by atoms with Gasteiger partial charge in [-0.25, -0.2) is 18.1 Å². The molecule has 0 unspecified atom stereocenters. The molecule has 108 valence electrons. The average Bonchev–Trinajstić information content (AvgIpc) is 2.92. The number of halogens is 1. The quantitative estimate of drug-likeness (QED) is 0.840. The van der Waals surface area contributed by atoms with Gasteiger partial charge in [-0.3, -0.25) is 0 Å². The Labute approximate surface area is 121 Å². The first-order valence-electron chi connectivity index (χ1n) is 5.81. The van der Waals surface area contributed by atoms with Gasteiger partial charge < -0.3 is 9.84 Å². The summed E-state index contributed by atoms with van der Waals surface area (Å²) in [7, 11) is -3.70. The van der Waals surface area contributed by atoms with Gasteiger partial charge in [0.05, 0.1) is 17.3 Å². The van der Waals surface area contributed by atoms with Crippen LogP contribution in [0.3, 0.4) is 0 Å². The van der Waals surface area contributed by atoms with E-state index >= 15 is 0 Å². The lowest BCUT2D eigenvalue weighted by atomic mass is 10.4. The molecule has 9 heteroatoms. The fraction of sp³-hybridized carbons (Fsp3) is 0.273. The van der Waals surface area contributed by atoms with Gasteiger partial charge >= 0.3 is 0 Å². The van der Waals surface area contributed by atoms with Gasteiger partial charge in [0.15, 0.2) is 0 Å². The molecule has 20 heavy (non-hydrogen) atoms. The summed E-state index contributed by atoms with van der Waals surface area (Å²) in [6.07, 6.45) is 2.61. The molecule has 0 saturated heterocycles. The SMILES string of the molecule is CCNc1ncc(S(=O)(=O)NCc2ccon2)cc1Cl. The Hall–Kier alpha value is -1.64. The summed E-state index contributed by atoms with van der Waals surface area (Å²) in [6, 6.07) is 2.92. The molecule has 0 saturated carbocycles. The maximum atomic E-state index is 12.1. The Morgan fingerprint density at radius 1 is 1.45 bits per heavy atom. The summed E-state index contributed by atoms with van der Waals surface area (Å²) in [5.41, 5.74) is 0.483. The van der Waals surface area contributed by atoms with E-state index in [9.17, 15) is 8.42 Å². The predicted molar refractivity (Wildman–Crippen MR) is 73.9 cm³/mol. The van der Waals surface area contributed by atoms with Gasteiger partial charge in [-0.1, -0.05) is 16.8 Å². The van der Waals surface area contributed by atoms with Crippen molar-refractivity contribution in [3.05, 3.63) is 35.3 Å². The van der Waals surface area contributed by atoms with E-state index in [1.807, 2.05) is 6.92 Å². The minimum absolute atomic E-state index is 0.00681. The minimum atomic E-state index is -3.70. The first kappa shape index (κ1) is 14.8. The van der Waals surface area contributed by atoms with Crippen molar-refractivity contribution in [1.82, 2.24) is 14.9 Å². The third-order valence-electron chi connectivity index (χ3n) is 2.41. The van der Waals surface area contributed by atoms with Crippen molar-refractivity contribution in [3.8, 4) is 0 Å². The second kappa shape index (κ2) is 6.21. The molecule has 0 fully saturated rings. The third kappa shape index (κ3) is 3.47. The largest absolute Gasteiger partial charge is 0.369 e. The van der Waals surface area contributed by atoms with Crippen LogP contribution in [0, 0.1) is 0 Å². The molecule has 2 aromatic rings. The Balaban J connectivity index is 2.14. The monoisotopic (exact) mass is 316 g/mol. The summed E-state index contributed by atoms with van der Waals surface area (Å²) in [5, 5.41) is 6.79. The number of rotatable bonds is 6. The Kier molecular flexibility index (Phi) is 4.58. The van der Waals surface area contributed by atoms with Crippen LogP contribution in [0.15, 0.2) is 34.0 Å². The van der Waals surface area contributed by atoms with Crippen molar-refractivity contribution in [3.63, 3.8) is 0 Å². The van der Waals surface area contributed by atoms with Crippen LogP contribution in [0.1, 0.15) is 12.6 Å². The van der Waals surface area contributed by atoms with Crippen LogP contribution < -0.4 is 10.0 Å². The number of sulfonamides is 1. The average molecular weight is 317 g/mol. The molecule has 0 atom stereocenters. The maximum Gasteiger partial charge on any atom is 0.242 e. The van der Waals surface area contributed by atoms with Gasteiger partial charge in [-0.15, -0.1) is 0 Å². The van der Waals surface area contributed by atoms with Gasteiger partial charge in [-0.05, 0) is 13.0 Å². The predicted octanol–water partition coefficient (Wildman–Crippen LogP) is 1.63. The molecule has 0 aromatic carbocycles. The summed E-state index contributed by atoms with van der Waals surface area (Å²) >= 11 is 5.97. The topological polar surface area (TPSA) is 97.1 Å². The van der Waals surface area contributed by atoms with Crippen molar-refractivity contribution < 1.29 is 12.9 Å². The lowest BCUT2D eigenvalue weighted by Gasteiger charge is -2.08. The molecule has 7 nitrogen and oxygen atoms in total. The van der Waals surface area contributed by atoms with Gasteiger partial charge in [0.25, 0.3) is 0 Å². The van der Waals surface area contributed by atoms with E-state index in [0.717, 1.165) is 0 Å². The molecule has 0 amide bonds. The number of hydrogen-bond acceptors (Lipinski definition) is 6. The van der Waals surface area contributed by atoms with Crippen molar-refractivity contribution in [2.24, 2.45) is 0 Å². The highest BCUT2D eigenvalue weighted by Crippen LogP contribution is 2.22. The van der Waals surface area contributed by atoms with Gasteiger partial charge in [0.2, 0.25) is 10.0 Å². The van der Waals surface area contributed by atoms with Gasteiger partial charge in [0, 0.05) is 18.8 Å². The molecule has 0 spiro atoms. The lowest BCUT2D eigenvalue weighted by molar-refractivity contribution is 0.411. The zero-order chi connectivity index (χ0) is 14.6. The number of nitrogens with zero attached hydrogens (tertiary/aromatic N) is 2. The highest BCUT2D eigenvalue weighted by molar-refractivity contribution is 7.89. The van der Waals surface area contributed by atoms with E-state index in [2.05, 4.69) is 24.7 Å².